The Morgan fingerprint density at radius 2 is 2.00 bits per heavy atom. The third-order valence-electron chi connectivity index (χ3n) is 4.02. The van der Waals surface area contributed by atoms with Crippen LogP contribution < -0.4 is 10.0 Å². The minimum absolute atomic E-state index is 0.0482. The summed E-state index contributed by atoms with van der Waals surface area (Å²) >= 11 is 0. The Bertz CT molecular complexity index is 622. The van der Waals surface area contributed by atoms with Crippen molar-refractivity contribution >= 4 is 15.9 Å². The summed E-state index contributed by atoms with van der Waals surface area (Å²) in [5.41, 5.74) is 0.463. The van der Waals surface area contributed by atoms with Crippen molar-refractivity contribution in [2.24, 2.45) is 0 Å². The number of sulfonamides is 1. The largest absolute Gasteiger partial charge is 0.377 e. The molecular weight excluding hydrogens is 328 g/mol. The Morgan fingerprint density at radius 3 is 2.62 bits per heavy atom. The predicted octanol–water partition coefficient (Wildman–Crippen LogP) is 2.06. The molecule has 1 aliphatic heterocycles. The molecule has 24 heavy (non-hydrogen) atoms. The van der Waals surface area contributed by atoms with Crippen molar-refractivity contribution in [1.82, 2.24) is 10.0 Å². The van der Waals surface area contributed by atoms with Gasteiger partial charge in [-0.25, -0.2) is 13.1 Å². The third kappa shape index (κ3) is 5.58. The van der Waals surface area contributed by atoms with Gasteiger partial charge in [-0.1, -0.05) is 19.8 Å². The summed E-state index contributed by atoms with van der Waals surface area (Å²) in [6, 6.07) is 5.99. The number of carbonyl (C=O) groups excluding carboxylic acids is 1. The van der Waals surface area contributed by atoms with E-state index in [2.05, 4.69) is 17.0 Å². The average molecular weight is 354 g/mol. The highest BCUT2D eigenvalue weighted by atomic mass is 32.2. The number of benzene rings is 1. The first-order valence-corrected chi connectivity index (χ1v) is 10.0. The number of nitrogens with one attached hydrogen (secondary N) is 2. The molecule has 1 atom stereocenters. The lowest BCUT2D eigenvalue weighted by Crippen LogP contribution is -2.31. The summed E-state index contributed by atoms with van der Waals surface area (Å²) in [6.45, 7) is 3.71. The molecule has 1 fully saturated rings. The summed E-state index contributed by atoms with van der Waals surface area (Å²) in [5, 5.41) is 2.83. The van der Waals surface area contributed by atoms with Crippen molar-refractivity contribution in [2.75, 3.05) is 19.7 Å². The molecule has 0 aromatic heterocycles. The van der Waals surface area contributed by atoms with Gasteiger partial charge in [-0.3, -0.25) is 4.79 Å². The maximum Gasteiger partial charge on any atom is 0.251 e. The summed E-state index contributed by atoms with van der Waals surface area (Å²) < 4.78 is 32.5. The van der Waals surface area contributed by atoms with Gasteiger partial charge in [0, 0.05) is 25.3 Å². The minimum Gasteiger partial charge on any atom is -0.377 e. The van der Waals surface area contributed by atoms with Gasteiger partial charge in [-0.2, -0.15) is 0 Å². The topological polar surface area (TPSA) is 84.5 Å². The van der Waals surface area contributed by atoms with Crippen LogP contribution in [-0.4, -0.2) is 40.1 Å². The Hall–Kier alpha value is -1.44. The van der Waals surface area contributed by atoms with Crippen molar-refractivity contribution in [3.05, 3.63) is 29.8 Å². The van der Waals surface area contributed by atoms with E-state index in [9.17, 15) is 13.2 Å². The second-order valence-electron chi connectivity index (χ2n) is 5.97. The molecular formula is C17H26N2O4S. The van der Waals surface area contributed by atoms with E-state index in [0.29, 0.717) is 18.7 Å². The number of hydrogen-bond donors (Lipinski definition) is 2. The van der Waals surface area contributed by atoms with Crippen molar-refractivity contribution in [2.45, 2.75) is 50.0 Å². The van der Waals surface area contributed by atoms with Crippen molar-refractivity contribution in [1.29, 1.82) is 0 Å². The first kappa shape index (κ1) is 18.9. The van der Waals surface area contributed by atoms with Crippen LogP contribution in [-0.2, 0) is 14.8 Å². The highest BCUT2D eigenvalue weighted by molar-refractivity contribution is 7.89. The lowest BCUT2D eigenvalue weighted by molar-refractivity contribution is 0.0953. The molecule has 1 aromatic carbocycles. The number of carbonyl (C=O) groups is 1. The Labute approximate surface area is 144 Å². The zero-order chi connectivity index (χ0) is 17.4. The maximum atomic E-state index is 12.2. The molecule has 1 saturated heterocycles. The van der Waals surface area contributed by atoms with E-state index in [1.54, 1.807) is 0 Å². The number of unbranched alkanes of at least 4 members (excludes halogenated alkanes) is 2. The molecule has 1 heterocycles. The maximum absolute atomic E-state index is 12.2. The smallest absolute Gasteiger partial charge is 0.251 e. The van der Waals surface area contributed by atoms with Crippen LogP contribution in [0.15, 0.2) is 29.2 Å². The van der Waals surface area contributed by atoms with E-state index in [4.69, 9.17) is 4.74 Å². The van der Waals surface area contributed by atoms with Gasteiger partial charge in [0.15, 0.2) is 0 Å². The van der Waals surface area contributed by atoms with E-state index in [1.807, 2.05) is 0 Å². The van der Waals surface area contributed by atoms with Crippen molar-refractivity contribution < 1.29 is 17.9 Å². The molecule has 1 amide bonds. The van der Waals surface area contributed by atoms with E-state index < -0.39 is 10.0 Å². The zero-order valence-corrected chi connectivity index (χ0v) is 14.9. The number of ether oxygens (including phenoxy) is 1. The average Bonchev–Trinajstić information content (AvgIpc) is 3.10. The van der Waals surface area contributed by atoms with Crippen molar-refractivity contribution in [3.8, 4) is 0 Å². The van der Waals surface area contributed by atoms with Gasteiger partial charge < -0.3 is 10.1 Å². The van der Waals surface area contributed by atoms with Gasteiger partial charge in [-0.05, 0) is 43.5 Å². The van der Waals surface area contributed by atoms with Crippen molar-refractivity contribution in [3.63, 3.8) is 0 Å². The third-order valence-corrected chi connectivity index (χ3v) is 5.46. The molecule has 6 nitrogen and oxygen atoms in total. The van der Waals surface area contributed by atoms with Gasteiger partial charge in [-0.15, -0.1) is 0 Å². The summed E-state index contributed by atoms with van der Waals surface area (Å²) in [6.07, 6.45) is 4.92. The Balaban J connectivity index is 1.88. The van der Waals surface area contributed by atoms with E-state index in [0.717, 1.165) is 32.1 Å². The van der Waals surface area contributed by atoms with Crippen LogP contribution in [0.3, 0.4) is 0 Å². The number of rotatable bonds is 9. The highest BCUT2D eigenvalue weighted by Crippen LogP contribution is 2.14. The fourth-order valence-corrected chi connectivity index (χ4v) is 3.62. The summed E-state index contributed by atoms with van der Waals surface area (Å²) in [5.74, 6) is -0.178. The molecule has 1 aromatic rings. The quantitative estimate of drug-likeness (QED) is 0.665. The molecule has 0 bridgehead atoms. The molecule has 1 aliphatic rings. The first-order valence-electron chi connectivity index (χ1n) is 8.52. The Morgan fingerprint density at radius 1 is 1.25 bits per heavy atom. The molecule has 0 saturated carbocycles. The molecule has 0 radical (unpaired) electrons. The van der Waals surface area contributed by atoms with Gasteiger partial charge in [0.25, 0.3) is 5.91 Å². The molecule has 7 heteroatoms. The standard InChI is InChI=1S/C17H26N2O4S/c1-2-3-4-11-18-17(20)14-7-9-16(10-8-14)24(21,22)19-13-15-6-5-12-23-15/h7-10,15,19H,2-6,11-13H2,1H3,(H,18,20). The fourth-order valence-electron chi connectivity index (χ4n) is 2.56. The lowest BCUT2D eigenvalue weighted by atomic mass is 10.2. The first-order chi connectivity index (χ1) is 11.5. The molecule has 1 unspecified atom stereocenters. The highest BCUT2D eigenvalue weighted by Gasteiger charge is 2.20. The fraction of sp³-hybridized carbons (Fsp3) is 0.588. The van der Waals surface area contributed by atoms with Crippen LogP contribution in [0.4, 0.5) is 0 Å². The second-order valence-corrected chi connectivity index (χ2v) is 7.74. The van der Waals surface area contributed by atoms with Crippen LogP contribution in [0.2, 0.25) is 0 Å². The van der Waals surface area contributed by atoms with Gasteiger partial charge in [0.2, 0.25) is 10.0 Å². The van der Waals surface area contributed by atoms with Crippen LogP contribution in [0.5, 0.6) is 0 Å². The second kappa shape index (κ2) is 9.15. The molecule has 2 N–H and O–H groups in total. The molecule has 0 spiro atoms. The van der Waals surface area contributed by atoms with Crippen LogP contribution in [0.25, 0.3) is 0 Å². The van der Waals surface area contributed by atoms with E-state index in [1.165, 1.54) is 24.3 Å². The van der Waals surface area contributed by atoms with E-state index in [-0.39, 0.29) is 23.5 Å². The molecule has 0 aliphatic carbocycles. The number of amides is 1. The molecule has 2 rings (SSSR count). The zero-order valence-electron chi connectivity index (χ0n) is 14.1. The minimum atomic E-state index is -3.58. The lowest BCUT2D eigenvalue weighted by Gasteiger charge is -2.11. The normalized spacial score (nSPS) is 17.8. The van der Waals surface area contributed by atoms with Gasteiger partial charge >= 0.3 is 0 Å². The van der Waals surface area contributed by atoms with Gasteiger partial charge in [0.1, 0.15) is 0 Å². The summed E-state index contributed by atoms with van der Waals surface area (Å²) in [7, 11) is -3.58. The Kier molecular flexibility index (Phi) is 7.20. The summed E-state index contributed by atoms with van der Waals surface area (Å²) in [4.78, 5) is 12.1. The number of hydrogen-bond acceptors (Lipinski definition) is 4. The predicted molar refractivity (Wildman–Crippen MR) is 92.5 cm³/mol. The monoisotopic (exact) mass is 354 g/mol. The van der Waals surface area contributed by atoms with Crippen LogP contribution >= 0.6 is 0 Å². The molecule has 134 valence electrons. The van der Waals surface area contributed by atoms with Crippen LogP contribution in [0.1, 0.15) is 49.4 Å². The van der Waals surface area contributed by atoms with Gasteiger partial charge in [0.05, 0.1) is 11.0 Å². The SMILES string of the molecule is CCCCCNC(=O)c1ccc(S(=O)(=O)NCC2CCCO2)cc1. The van der Waals surface area contributed by atoms with Crippen LogP contribution in [0, 0.1) is 0 Å². The van der Waals surface area contributed by atoms with E-state index >= 15 is 0 Å².